The molecule has 0 amide bonds. The molecule has 66 valence electrons. The lowest BCUT2D eigenvalue weighted by molar-refractivity contribution is 0.603. The summed E-state index contributed by atoms with van der Waals surface area (Å²) in [5.74, 6) is 0. The number of nitrogens with zero attached hydrogens (tertiary/aromatic N) is 1. The summed E-state index contributed by atoms with van der Waals surface area (Å²) in [6.07, 6.45) is 0. The number of nitrogens with two attached hydrogens (primary N) is 1. The van der Waals surface area contributed by atoms with Crippen molar-refractivity contribution in [1.29, 1.82) is 0 Å². The molecular weight excluding hydrogens is 172 g/mol. The molecule has 2 N–H and O–H groups in total. The van der Waals surface area contributed by atoms with Gasteiger partial charge < -0.3 is 5.73 Å². The molecule has 1 aromatic carbocycles. The van der Waals surface area contributed by atoms with Crippen LogP contribution in [0, 0.1) is 0 Å². The van der Waals surface area contributed by atoms with E-state index in [1.807, 2.05) is 0 Å². The molecular formula is C8H12N2OS. The summed E-state index contributed by atoms with van der Waals surface area (Å²) < 4.78 is 13.1. The zero-order valence-electron chi connectivity index (χ0n) is 7.15. The molecule has 0 spiro atoms. The number of nitrogen functional groups attached to an aromatic ring is 1. The molecule has 0 aliphatic rings. The van der Waals surface area contributed by atoms with Crippen molar-refractivity contribution in [1.82, 2.24) is 4.31 Å². The van der Waals surface area contributed by atoms with Crippen molar-refractivity contribution >= 4 is 16.7 Å². The van der Waals surface area contributed by atoms with Gasteiger partial charge >= 0.3 is 0 Å². The van der Waals surface area contributed by atoms with Gasteiger partial charge in [0.25, 0.3) is 0 Å². The summed E-state index contributed by atoms with van der Waals surface area (Å²) in [6.45, 7) is 0. The van der Waals surface area contributed by atoms with Gasteiger partial charge in [0.15, 0.2) is 0 Å². The van der Waals surface area contributed by atoms with E-state index in [1.54, 1.807) is 42.7 Å². The van der Waals surface area contributed by atoms with Crippen LogP contribution in [-0.4, -0.2) is 22.6 Å². The third-order valence-corrected chi connectivity index (χ3v) is 2.71. The van der Waals surface area contributed by atoms with Crippen LogP contribution in [-0.2, 0) is 11.0 Å². The van der Waals surface area contributed by atoms with Gasteiger partial charge in [0, 0.05) is 5.69 Å². The van der Waals surface area contributed by atoms with Gasteiger partial charge in [-0.2, -0.15) is 0 Å². The molecule has 12 heavy (non-hydrogen) atoms. The van der Waals surface area contributed by atoms with E-state index in [4.69, 9.17) is 5.73 Å². The molecule has 0 saturated heterocycles. The van der Waals surface area contributed by atoms with Crippen LogP contribution in [0.15, 0.2) is 29.2 Å². The van der Waals surface area contributed by atoms with Crippen LogP contribution >= 0.6 is 0 Å². The normalized spacial score (nSPS) is 13.2. The quantitative estimate of drug-likeness (QED) is 0.693. The summed E-state index contributed by atoms with van der Waals surface area (Å²) in [5, 5.41) is 0. The van der Waals surface area contributed by atoms with Crippen LogP contribution in [0.3, 0.4) is 0 Å². The second-order valence-corrected chi connectivity index (χ2v) is 4.33. The lowest BCUT2D eigenvalue weighted by Gasteiger charge is -2.08. The zero-order valence-corrected chi connectivity index (χ0v) is 7.97. The molecule has 0 saturated carbocycles. The van der Waals surface area contributed by atoms with Gasteiger partial charge in [0.05, 0.1) is 4.90 Å². The molecule has 1 rings (SSSR count). The molecule has 0 aliphatic heterocycles. The van der Waals surface area contributed by atoms with Gasteiger partial charge in [-0.1, -0.05) is 6.07 Å². The Labute approximate surface area is 74.8 Å². The summed E-state index contributed by atoms with van der Waals surface area (Å²) in [7, 11) is 2.43. The monoisotopic (exact) mass is 184 g/mol. The molecule has 0 aliphatic carbocycles. The Morgan fingerprint density at radius 2 is 2.08 bits per heavy atom. The highest BCUT2D eigenvalue weighted by Gasteiger charge is 2.05. The predicted octanol–water partition coefficient (Wildman–Crippen LogP) is 0.853. The SMILES string of the molecule is CN(C)S(=O)c1cccc(N)c1. The summed E-state index contributed by atoms with van der Waals surface area (Å²) in [4.78, 5) is 0.736. The first-order chi connectivity index (χ1) is 5.61. The highest BCUT2D eigenvalue weighted by molar-refractivity contribution is 7.82. The minimum Gasteiger partial charge on any atom is -0.399 e. The van der Waals surface area contributed by atoms with Crippen LogP contribution in [0.5, 0.6) is 0 Å². The van der Waals surface area contributed by atoms with Gasteiger partial charge in [0.1, 0.15) is 11.0 Å². The Morgan fingerprint density at radius 3 is 2.58 bits per heavy atom. The first kappa shape index (κ1) is 9.22. The van der Waals surface area contributed by atoms with Gasteiger partial charge in [-0.25, -0.2) is 8.51 Å². The number of hydrogen-bond donors (Lipinski definition) is 1. The van der Waals surface area contributed by atoms with E-state index in [-0.39, 0.29) is 0 Å². The first-order valence-corrected chi connectivity index (χ1v) is 4.66. The van der Waals surface area contributed by atoms with Crippen LogP contribution in [0.4, 0.5) is 5.69 Å². The van der Waals surface area contributed by atoms with E-state index >= 15 is 0 Å². The van der Waals surface area contributed by atoms with E-state index in [2.05, 4.69) is 0 Å². The van der Waals surface area contributed by atoms with E-state index in [0.717, 1.165) is 4.90 Å². The molecule has 3 nitrogen and oxygen atoms in total. The lowest BCUT2D eigenvalue weighted by atomic mass is 10.3. The van der Waals surface area contributed by atoms with Crippen LogP contribution in [0.25, 0.3) is 0 Å². The fourth-order valence-corrected chi connectivity index (χ4v) is 1.69. The van der Waals surface area contributed by atoms with Crippen LogP contribution < -0.4 is 5.73 Å². The largest absolute Gasteiger partial charge is 0.399 e. The fourth-order valence-electron chi connectivity index (χ4n) is 0.834. The van der Waals surface area contributed by atoms with E-state index in [0.29, 0.717) is 5.69 Å². The topological polar surface area (TPSA) is 46.3 Å². The third kappa shape index (κ3) is 2.06. The average molecular weight is 184 g/mol. The molecule has 4 heteroatoms. The molecule has 0 radical (unpaired) electrons. The average Bonchev–Trinajstić information content (AvgIpc) is 2.03. The van der Waals surface area contributed by atoms with Crippen LogP contribution in [0.1, 0.15) is 0 Å². The smallest absolute Gasteiger partial charge is 0.127 e. The van der Waals surface area contributed by atoms with E-state index in [9.17, 15) is 4.21 Å². The van der Waals surface area contributed by atoms with Gasteiger partial charge in [-0.15, -0.1) is 0 Å². The van der Waals surface area contributed by atoms with Crippen molar-refractivity contribution < 1.29 is 4.21 Å². The minimum absolute atomic E-state index is 0.641. The zero-order chi connectivity index (χ0) is 9.14. The van der Waals surface area contributed by atoms with Gasteiger partial charge in [-0.05, 0) is 32.3 Å². The molecule has 1 atom stereocenters. The summed E-state index contributed by atoms with van der Waals surface area (Å²) in [5.41, 5.74) is 6.18. The highest BCUT2D eigenvalue weighted by Crippen LogP contribution is 2.11. The van der Waals surface area contributed by atoms with E-state index < -0.39 is 11.0 Å². The summed E-state index contributed by atoms with van der Waals surface area (Å²) >= 11 is 0. The van der Waals surface area contributed by atoms with E-state index in [1.165, 1.54) is 0 Å². The number of rotatable bonds is 2. The highest BCUT2D eigenvalue weighted by atomic mass is 32.2. The maximum absolute atomic E-state index is 11.5. The van der Waals surface area contributed by atoms with Gasteiger partial charge in [0.2, 0.25) is 0 Å². The van der Waals surface area contributed by atoms with Crippen molar-refractivity contribution in [3.63, 3.8) is 0 Å². The first-order valence-electron chi connectivity index (χ1n) is 3.56. The maximum atomic E-state index is 11.5. The Morgan fingerprint density at radius 1 is 1.42 bits per heavy atom. The standard InChI is InChI=1S/C8H12N2OS/c1-10(2)12(11)8-5-3-4-7(9)6-8/h3-6H,9H2,1-2H3. The third-order valence-electron chi connectivity index (χ3n) is 1.39. The molecule has 0 aromatic heterocycles. The van der Waals surface area contributed by atoms with Crippen molar-refractivity contribution in [2.24, 2.45) is 0 Å². The second-order valence-electron chi connectivity index (χ2n) is 2.63. The van der Waals surface area contributed by atoms with Gasteiger partial charge in [-0.3, -0.25) is 0 Å². The minimum atomic E-state index is -1.09. The number of anilines is 1. The molecule has 1 unspecified atom stereocenters. The second kappa shape index (κ2) is 3.69. The molecule has 1 aromatic rings. The number of benzene rings is 1. The Balaban J connectivity index is 2.96. The summed E-state index contributed by atoms with van der Waals surface area (Å²) in [6, 6.07) is 7.09. The van der Waals surface area contributed by atoms with Crippen molar-refractivity contribution in [3.05, 3.63) is 24.3 Å². The molecule has 0 bridgehead atoms. The lowest BCUT2D eigenvalue weighted by Crippen LogP contribution is -2.15. The van der Waals surface area contributed by atoms with Crippen molar-refractivity contribution in [2.45, 2.75) is 4.90 Å². The Bertz CT molecular complexity index is 299. The van der Waals surface area contributed by atoms with Crippen LogP contribution in [0.2, 0.25) is 0 Å². The molecule has 0 heterocycles. The predicted molar refractivity (Wildman–Crippen MR) is 50.9 cm³/mol. The maximum Gasteiger partial charge on any atom is 0.127 e. The van der Waals surface area contributed by atoms with Crippen molar-refractivity contribution in [3.8, 4) is 0 Å². The number of hydrogen-bond acceptors (Lipinski definition) is 2. The Kier molecular flexibility index (Phi) is 2.83. The fraction of sp³-hybridized carbons (Fsp3) is 0.250. The molecule has 0 fully saturated rings. The Hall–Kier alpha value is -0.870. The van der Waals surface area contributed by atoms with Crippen molar-refractivity contribution in [2.75, 3.05) is 19.8 Å².